The van der Waals surface area contributed by atoms with Crippen LogP contribution in [0.4, 0.5) is 0 Å². The average Bonchev–Trinajstić information content (AvgIpc) is 2.89. The van der Waals surface area contributed by atoms with E-state index in [-0.39, 0.29) is 12.1 Å². The van der Waals surface area contributed by atoms with Crippen LogP contribution in [-0.2, 0) is 6.54 Å². The molecule has 1 aromatic heterocycles. The van der Waals surface area contributed by atoms with Crippen LogP contribution in [-0.4, -0.2) is 6.10 Å². The average molecular weight is 259 g/mol. The van der Waals surface area contributed by atoms with Gasteiger partial charge in [-0.05, 0) is 50.6 Å². The lowest BCUT2D eigenvalue weighted by atomic mass is 10.2. The van der Waals surface area contributed by atoms with E-state index in [0.29, 0.717) is 0 Å². The van der Waals surface area contributed by atoms with Crippen LogP contribution in [0.2, 0.25) is 0 Å². The second-order valence-corrected chi connectivity index (χ2v) is 4.93. The van der Waals surface area contributed by atoms with Crippen molar-refractivity contribution in [3.8, 4) is 5.75 Å². The van der Waals surface area contributed by atoms with Crippen LogP contribution in [0, 0.1) is 0 Å². The number of hydrogen-bond donors (Lipinski definition) is 1. The van der Waals surface area contributed by atoms with Crippen LogP contribution >= 0.6 is 0 Å². The number of furan rings is 1. The van der Waals surface area contributed by atoms with E-state index in [9.17, 15) is 0 Å². The van der Waals surface area contributed by atoms with Gasteiger partial charge in [0.05, 0.1) is 18.4 Å². The minimum atomic E-state index is 0.199. The highest BCUT2D eigenvalue weighted by Gasteiger charge is 2.07. The second-order valence-electron chi connectivity index (χ2n) is 4.93. The van der Waals surface area contributed by atoms with E-state index in [2.05, 4.69) is 24.4 Å². The number of benzene rings is 1. The fourth-order valence-corrected chi connectivity index (χ4v) is 1.91. The van der Waals surface area contributed by atoms with Crippen LogP contribution in [0.15, 0.2) is 47.1 Å². The van der Waals surface area contributed by atoms with E-state index in [1.54, 1.807) is 6.26 Å². The van der Waals surface area contributed by atoms with Crippen molar-refractivity contribution < 1.29 is 9.15 Å². The maximum Gasteiger partial charge on any atom is 0.120 e. The first-order chi connectivity index (χ1) is 9.15. The normalized spacial score (nSPS) is 12.6. The summed E-state index contributed by atoms with van der Waals surface area (Å²) in [4.78, 5) is 0. The Labute approximate surface area is 114 Å². The van der Waals surface area contributed by atoms with Crippen molar-refractivity contribution in [3.05, 3.63) is 54.0 Å². The van der Waals surface area contributed by atoms with Gasteiger partial charge in [0.15, 0.2) is 0 Å². The largest absolute Gasteiger partial charge is 0.491 e. The first-order valence-corrected chi connectivity index (χ1v) is 6.67. The highest BCUT2D eigenvalue weighted by Crippen LogP contribution is 2.17. The van der Waals surface area contributed by atoms with Gasteiger partial charge in [-0.2, -0.15) is 0 Å². The molecule has 0 aliphatic carbocycles. The second kappa shape index (κ2) is 6.43. The van der Waals surface area contributed by atoms with Crippen molar-refractivity contribution in [1.29, 1.82) is 0 Å². The smallest absolute Gasteiger partial charge is 0.120 e. The van der Waals surface area contributed by atoms with E-state index in [4.69, 9.17) is 9.15 Å². The standard InChI is InChI=1S/C16H21NO2/c1-12(2)19-15-7-4-6-14(10-15)11-17-13(3)16-8-5-9-18-16/h4-10,12-13,17H,11H2,1-3H3/t13-/m0/s1. The summed E-state index contributed by atoms with van der Waals surface area (Å²) >= 11 is 0. The van der Waals surface area contributed by atoms with E-state index >= 15 is 0 Å². The molecule has 102 valence electrons. The number of rotatable bonds is 6. The molecule has 1 N–H and O–H groups in total. The van der Waals surface area contributed by atoms with Crippen molar-refractivity contribution in [2.45, 2.75) is 39.5 Å². The summed E-state index contributed by atoms with van der Waals surface area (Å²) in [5.41, 5.74) is 1.21. The fraction of sp³-hybridized carbons (Fsp3) is 0.375. The Hall–Kier alpha value is -1.74. The van der Waals surface area contributed by atoms with Gasteiger partial charge < -0.3 is 14.5 Å². The molecular formula is C16H21NO2. The van der Waals surface area contributed by atoms with Crippen LogP contribution in [0.3, 0.4) is 0 Å². The molecule has 3 nitrogen and oxygen atoms in total. The van der Waals surface area contributed by atoms with Gasteiger partial charge in [0, 0.05) is 6.54 Å². The predicted molar refractivity (Wildman–Crippen MR) is 76.2 cm³/mol. The fourth-order valence-electron chi connectivity index (χ4n) is 1.91. The molecule has 19 heavy (non-hydrogen) atoms. The molecule has 0 aliphatic heterocycles. The molecule has 3 heteroatoms. The van der Waals surface area contributed by atoms with Gasteiger partial charge in [0.2, 0.25) is 0 Å². The predicted octanol–water partition coefficient (Wildman–Crippen LogP) is 3.92. The van der Waals surface area contributed by atoms with Crippen molar-refractivity contribution in [2.75, 3.05) is 0 Å². The highest BCUT2D eigenvalue weighted by molar-refractivity contribution is 5.28. The van der Waals surface area contributed by atoms with Gasteiger partial charge in [0.1, 0.15) is 11.5 Å². The quantitative estimate of drug-likeness (QED) is 0.854. The third kappa shape index (κ3) is 4.14. The summed E-state index contributed by atoms with van der Waals surface area (Å²) in [6.45, 7) is 6.94. The Kier molecular flexibility index (Phi) is 4.63. The third-order valence-electron chi connectivity index (χ3n) is 2.85. The molecule has 0 unspecified atom stereocenters. The maximum atomic E-state index is 5.69. The number of hydrogen-bond acceptors (Lipinski definition) is 3. The topological polar surface area (TPSA) is 34.4 Å². The van der Waals surface area contributed by atoms with Crippen molar-refractivity contribution in [1.82, 2.24) is 5.32 Å². The molecule has 0 amide bonds. The van der Waals surface area contributed by atoms with Crippen LogP contribution in [0.5, 0.6) is 5.75 Å². The zero-order chi connectivity index (χ0) is 13.7. The number of ether oxygens (including phenoxy) is 1. The molecule has 0 saturated carbocycles. The molecule has 1 heterocycles. The van der Waals surface area contributed by atoms with Crippen molar-refractivity contribution in [2.24, 2.45) is 0 Å². The SMILES string of the molecule is CC(C)Oc1cccc(CN[C@@H](C)c2ccco2)c1. The molecule has 0 bridgehead atoms. The molecule has 2 rings (SSSR count). The van der Waals surface area contributed by atoms with Crippen LogP contribution < -0.4 is 10.1 Å². The summed E-state index contributed by atoms with van der Waals surface area (Å²) in [5, 5.41) is 3.43. The lowest BCUT2D eigenvalue weighted by molar-refractivity contribution is 0.242. The van der Waals surface area contributed by atoms with Gasteiger partial charge in [0.25, 0.3) is 0 Å². The molecular weight excluding hydrogens is 238 g/mol. The summed E-state index contributed by atoms with van der Waals surface area (Å²) in [7, 11) is 0. The van der Waals surface area contributed by atoms with E-state index in [0.717, 1.165) is 18.1 Å². The third-order valence-corrected chi connectivity index (χ3v) is 2.85. The Morgan fingerprint density at radius 3 is 2.68 bits per heavy atom. The monoisotopic (exact) mass is 259 g/mol. The highest BCUT2D eigenvalue weighted by atomic mass is 16.5. The molecule has 2 aromatic rings. The minimum Gasteiger partial charge on any atom is -0.491 e. The van der Waals surface area contributed by atoms with Crippen LogP contribution in [0.1, 0.15) is 38.1 Å². The first kappa shape index (κ1) is 13.7. The summed E-state index contributed by atoms with van der Waals surface area (Å²) in [5.74, 6) is 1.87. The summed E-state index contributed by atoms with van der Waals surface area (Å²) in [6.07, 6.45) is 1.90. The van der Waals surface area contributed by atoms with E-state index < -0.39 is 0 Å². The van der Waals surface area contributed by atoms with E-state index in [1.807, 2.05) is 38.1 Å². The van der Waals surface area contributed by atoms with Gasteiger partial charge in [-0.1, -0.05) is 12.1 Å². The lowest BCUT2D eigenvalue weighted by Gasteiger charge is -2.13. The van der Waals surface area contributed by atoms with Crippen LogP contribution in [0.25, 0.3) is 0 Å². The van der Waals surface area contributed by atoms with Gasteiger partial charge >= 0.3 is 0 Å². The zero-order valence-corrected chi connectivity index (χ0v) is 11.7. The molecule has 1 atom stereocenters. The maximum absolute atomic E-state index is 5.69. The summed E-state index contributed by atoms with van der Waals surface area (Å²) < 4.78 is 11.1. The molecule has 0 aliphatic rings. The molecule has 0 saturated heterocycles. The molecule has 0 radical (unpaired) electrons. The van der Waals surface area contributed by atoms with Gasteiger partial charge in [-0.15, -0.1) is 0 Å². The Morgan fingerprint density at radius 1 is 1.16 bits per heavy atom. The minimum absolute atomic E-state index is 0.199. The Morgan fingerprint density at radius 2 is 2.00 bits per heavy atom. The Bertz CT molecular complexity index is 491. The van der Waals surface area contributed by atoms with E-state index in [1.165, 1.54) is 5.56 Å². The Balaban J connectivity index is 1.92. The number of nitrogens with one attached hydrogen (secondary N) is 1. The lowest BCUT2D eigenvalue weighted by Crippen LogP contribution is -2.17. The van der Waals surface area contributed by atoms with Crippen molar-refractivity contribution >= 4 is 0 Å². The van der Waals surface area contributed by atoms with Crippen molar-refractivity contribution in [3.63, 3.8) is 0 Å². The van der Waals surface area contributed by atoms with Gasteiger partial charge in [-0.3, -0.25) is 0 Å². The first-order valence-electron chi connectivity index (χ1n) is 6.67. The molecule has 1 aromatic carbocycles. The molecule has 0 spiro atoms. The summed E-state index contributed by atoms with van der Waals surface area (Å²) in [6, 6.07) is 12.3. The zero-order valence-electron chi connectivity index (χ0n) is 11.7. The molecule has 0 fully saturated rings. The van der Waals surface area contributed by atoms with Gasteiger partial charge in [-0.25, -0.2) is 0 Å².